The van der Waals surface area contributed by atoms with Gasteiger partial charge in [-0.15, -0.1) is 0 Å². The number of halogens is 1. The molecule has 0 aromatic heterocycles. The van der Waals surface area contributed by atoms with E-state index in [1.54, 1.807) is 18.2 Å². The second kappa shape index (κ2) is 5.19. The molecule has 0 unspecified atom stereocenters. The highest BCUT2D eigenvalue weighted by molar-refractivity contribution is 5.40. The molecule has 0 saturated carbocycles. The molecule has 2 nitrogen and oxygen atoms in total. The van der Waals surface area contributed by atoms with Crippen LogP contribution >= 0.6 is 0 Å². The molecule has 2 aromatic carbocycles. The minimum atomic E-state index is -0.375. The summed E-state index contributed by atoms with van der Waals surface area (Å²) in [6.45, 7) is 3.76. The first-order chi connectivity index (χ1) is 8.58. The van der Waals surface area contributed by atoms with E-state index in [1.807, 2.05) is 32.0 Å². The Bertz CT molecular complexity index is 552. The lowest BCUT2D eigenvalue weighted by molar-refractivity contribution is 0.434. The van der Waals surface area contributed by atoms with E-state index < -0.39 is 0 Å². The summed E-state index contributed by atoms with van der Waals surface area (Å²) in [5.74, 6) is 0.445. The number of aryl methyl sites for hydroxylation is 1. The van der Waals surface area contributed by atoms with Crippen LogP contribution < -0.4 is 10.5 Å². The largest absolute Gasteiger partial charge is 0.454 e. The summed E-state index contributed by atoms with van der Waals surface area (Å²) in [6, 6.07) is 12.0. The van der Waals surface area contributed by atoms with Crippen LogP contribution in [-0.2, 0) is 0 Å². The van der Waals surface area contributed by atoms with Gasteiger partial charge in [-0.25, -0.2) is 4.39 Å². The zero-order valence-corrected chi connectivity index (χ0v) is 10.5. The first kappa shape index (κ1) is 12.6. The van der Waals surface area contributed by atoms with E-state index in [1.165, 1.54) is 6.07 Å². The van der Waals surface area contributed by atoms with Crippen molar-refractivity contribution in [1.82, 2.24) is 0 Å². The van der Waals surface area contributed by atoms with Crippen LogP contribution in [0.25, 0.3) is 0 Å². The Balaban J connectivity index is 2.37. The number of rotatable bonds is 3. The minimum absolute atomic E-state index is 0.158. The lowest BCUT2D eigenvalue weighted by Crippen LogP contribution is -2.06. The standard InChI is InChI=1S/C15H16FNO/c1-10-7-8-13(16)15(9-10)18-14-6-4-3-5-12(14)11(2)17/h3-9,11H,17H2,1-2H3/t11-/m0/s1. The Morgan fingerprint density at radius 3 is 2.56 bits per heavy atom. The fourth-order valence-corrected chi connectivity index (χ4v) is 1.76. The van der Waals surface area contributed by atoms with Crippen LogP contribution in [0.1, 0.15) is 24.1 Å². The van der Waals surface area contributed by atoms with Crippen LogP contribution in [0, 0.1) is 12.7 Å². The van der Waals surface area contributed by atoms with Gasteiger partial charge in [-0.2, -0.15) is 0 Å². The molecule has 18 heavy (non-hydrogen) atoms. The third-order valence-electron chi connectivity index (χ3n) is 2.72. The van der Waals surface area contributed by atoms with Crippen molar-refractivity contribution in [3.05, 3.63) is 59.4 Å². The molecule has 94 valence electrons. The Labute approximate surface area is 106 Å². The molecule has 0 fully saturated rings. The molecule has 0 saturated heterocycles. The number of hydrogen-bond donors (Lipinski definition) is 1. The number of benzene rings is 2. The van der Waals surface area contributed by atoms with Gasteiger partial charge in [-0.3, -0.25) is 0 Å². The molecule has 0 radical (unpaired) electrons. The summed E-state index contributed by atoms with van der Waals surface area (Å²) in [6.07, 6.45) is 0. The van der Waals surface area contributed by atoms with Crippen LogP contribution in [0.15, 0.2) is 42.5 Å². The molecule has 3 heteroatoms. The molecule has 0 aliphatic carbocycles. The lowest BCUT2D eigenvalue weighted by Gasteiger charge is -2.14. The lowest BCUT2D eigenvalue weighted by atomic mass is 10.1. The summed E-state index contributed by atoms with van der Waals surface area (Å²) in [7, 11) is 0. The highest BCUT2D eigenvalue weighted by Crippen LogP contribution is 2.30. The van der Waals surface area contributed by atoms with Gasteiger partial charge in [0.05, 0.1) is 0 Å². The van der Waals surface area contributed by atoms with Crippen molar-refractivity contribution in [3.63, 3.8) is 0 Å². The van der Waals surface area contributed by atoms with Gasteiger partial charge in [-0.1, -0.05) is 24.3 Å². The topological polar surface area (TPSA) is 35.2 Å². The molecule has 1 atom stereocenters. The highest BCUT2D eigenvalue weighted by atomic mass is 19.1. The smallest absolute Gasteiger partial charge is 0.165 e. The van der Waals surface area contributed by atoms with E-state index in [-0.39, 0.29) is 17.6 Å². The van der Waals surface area contributed by atoms with E-state index in [9.17, 15) is 4.39 Å². The predicted molar refractivity (Wildman–Crippen MR) is 70.3 cm³/mol. The Kier molecular flexibility index (Phi) is 3.63. The average Bonchev–Trinajstić information content (AvgIpc) is 2.34. The first-order valence-electron chi connectivity index (χ1n) is 5.86. The molecule has 0 aliphatic rings. The summed E-state index contributed by atoms with van der Waals surface area (Å²) in [4.78, 5) is 0. The van der Waals surface area contributed by atoms with Crippen molar-refractivity contribution in [2.24, 2.45) is 5.73 Å². The number of hydrogen-bond acceptors (Lipinski definition) is 2. The maximum Gasteiger partial charge on any atom is 0.165 e. The van der Waals surface area contributed by atoms with Crippen molar-refractivity contribution in [1.29, 1.82) is 0 Å². The van der Waals surface area contributed by atoms with Gasteiger partial charge >= 0.3 is 0 Å². The fourth-order valence-electron chi connectivity index (χ4n) is 1.76. The van der Waals surface area contributed by atoms with Gasteiger partial charge in [0.2, 0.25) is 0 Å². The second-order valence-electron chi connectivity index (χ2n) is 4.36. The molecule has 0 aliphatic heterocycles. The average molecular weight is 245 g/mol. The van der Waals surface area contributed by atoms with Crippen molar-refractivity contribution >= 4 is 0 Å². The molecule has 2 N–H and O–H groups in total. The molecule has 0 amide bonds. The monoisotopic (exact) mass is 245 g/mol. The van der Waals surface area contributed by atoms with Crippen LogP contribution in [-0.4, -0.2) is 0 Å². The van der Waals surface area contributed by atoms with Gasteiger partial charge < -0.3 is 10.5 Å². The Morgan fingerprint density at radius 1 is 1.11 bits per heavy atom. The van der Waals surface area contributed by atoms with Crippen molar-refractivity contribution < 1.29 is 9.13 Å². The predicted octanol–water partition coefficient (Wildman–Crippen LogP) is 3.95. The van der Waals surface area contributed by atoms with Crippen LogP contribution in [0.2, 0.25) is 0 Å². The van der Waals surface area contributed by atoms with Gasteiger partial charge in [0, 0.05) is 11.6 Å². The number of ether oxygens (including phenoxy) is 1. The molecule has 2 rings (SSSR count). The third kappa shape index (κ3) is 2.68. The van der Waals surface area contributed by atoms with E-state index in [2.05, 4.69) is 0 Å². The highest BCUT2D eigenvalue weighted by Gasteiger charge is 2.10. The maximum absolute atomic E-state index is 13.6. The van der Waals surface area contributed by atoms with E-state index in [0.717, 1.165) is 11.1 Å². The Hall–Kier alpha value is -1.87. The summed E-state index contributed by atoms with van der Waals surface area (Å²) in [5, 5.41) is 0. The van der Waals surface area contributed by atoms with Crippen molar-refractivity contribution in [2.45, 2.75) is 19.9 Å². The molecule has 0 bridgehead atoms. The number of para-hydroxylation sites is 1. The van der Waals surface area contributed by atoms with Gasteiger partial charge in [0.25, 0.3) is 0 Å². The van der Waals surface area contributed by atoms with Crippen LogP contribution in [0.4, 0.5) is 4.39 Å². The molecule has 0 heterocycles. The normalized spacial score (nSPS) is 12.2. The second-order valence-corrected chi connectivity index (χ2v) is 4.36. The summed E-state index contributed by atoms with van der Waals surface area (Å²) >= 11 is 0. The quantitative estimate of drug-likeness (QED) is 0.888. The van der Waals surface area contributed by atoms with Crippen molar-refractivity contribution in [3.8, 4) is 11.5 Å². The summed E-state index contributed by atoms with van der Waals surface area (Å²) < 4.78 is 19.3. The Morgan fingerprint density at radius 2 is 1.83 bits per heavy atom. The fraction of sp³-hybridized carbons (Fsp3) is 0.200. The maximum atomic E-state index is 13.6. The first-order valence-corrected chi connectivity index (χ1v) is 5.86. The SMILES string of the molecule is Cc1ccc(F)c(Oc2ccccc2[C@H](C)N)c1. The van der Waals surface area contributed by atoms with Crippen LogP contribution in [0.5, 0.6) is 11.5 Å². The molecule has 0 spiro atoms. The minimum Gasteiger partial charge on any atom is -0.454 e. The van der Waals surface area contributed by atoms with E-state index in [0.29, 0.717) is 5.75 Å². The zero-order chi connectivity index (χ0) is 13.1. The van der Waals surface area contributed by atoms with E-state index in [4.69, 9.17) is 10.5 Å². The van der Waals surface area contributed by atoms with Crippen LogP contribution in [0.3, 0.4) is 0 Å². The summed E-state index contributed by atoms with van der Waals surface area (Å²) in [5.41, 5.74) is 7.67. The zero-order valence-electron chi connectivity index (χ0n) is 10.5. The molecular weight excluding hydrogens is 229 g/mol. The van der Waals surface area contributed by atoms with Gasteiger partial charge in [-0.05, 0) is 37.6 Å². The molecule has 2 aromatic rings. The van der Waals surface area contributed by atoms with Gasteiger partial charge in [0.15, 0.2) is 11.6 Å². The van der Waals surface area contributed by atoms with Gasteiger partial charge in [0.1, 0.15) is 5.75 Å². The molecular formula is C15H16FNO. The third-order valence-corrected chi connectivity index (χ3v) is 2.72. The number of nitrogens with two attached hydrogens (primary N) is 1. The van der Waals surface area contributed by atoms with Crippen molar-refractivity contribution in [2.75, 3.05) is 0 Å². The van der Waals surface area contributed by atoms with E-state index >= 15 is 0 Å².